The van der Waals surface area contributed by atoms with Gasteiger partial charge < -0.3 is 14.8 Å². The van der Waals surface area contributed by atoms with Crippen LogP contribution in [0.25, 0.3) is 0 Å². The second kappa shape index (κ2) is 6.86. The smallest absolute Gasteiger partial charge is 0.303 e. The van der Waals surface area contributed by atoms with Crippen molar-refractivity contribution in [3.05, 3.63) is 18.2 Å². The van der Waals surface area contributed by atoms with Gasteiger partial charge in [0.25, 0.3) is 5.91 Å². The minimum Gasteiger partial charge on any atom is -0.494 e. The van der Waals surface area contributed by atoms with Crippen LogP contribution in [0.2, 0.25) is 0 Å². The summed E-state index contributed by atoms with van der Waals surface area (Å²) in [5.41, 5.74) is 0.849. The van der Waals surface area contributed by atoms with Gasteiger partial charge in [-0.15, -0.1) is 0 Å². The number of carbonyl (C=O) groups is 2. The molecular formula is C14H18N2O6S. The van der Waals surface area contributed by atoms with Crippen molar-refractivity contribution in [3.63, 3.8) is 0 Å². The Labute approximate surface area is 134 Å². The Kier molecular flexibility index (Phi) is 5.09. The van der Waals surface area contributed by atoms with Gasteiger partial charge in [0.1, 0.15) is 5.75 Å². The van der Waals surface area contributed by atoms with Crippen LogP contribution in [0.15, 0.2) is 18.2 Å². The number of sulfonamides is 1. The minimum absolute atomic E-state index is 0.121. The fourth-order valence-corrected chi connectivity index (χ4v) is 3.78. The lowest BCUT2D eigenvalue weighted by Gasteiger charge is -2.19. The summed E-state index contributed by atoms with van der Waals surface area (Å²) in [7, 11) is -1.87. The topological polar surface area (TPSA) is 102 Å². The van der Waals surface area contributed by atoms with Gasteiger partial charge in [0.15, 0.2) is 6.61 Å². The second-order valence-electron chi connectivity index (χ2n) is 4.95. The van der Waals surface area contributed by atoms with E-state index >= 15 is 0 Å². The second-order valence-corrected chi connectivity index (χ2v) is 6.97. The number of carbonyl (C=O) groups excluding carboxylic acids is 2. The number of ether oxygens (including phenoxy) is 2. The van der Waals surface area contributed by atoms with Gasteiger partial charge in [-0.2, -0.15) is 0 Å². The molecule has 8 nitrogen and oxygen atoms in total. The SMILES string of the molecule is COc1cc(N2CCCS2(=O)=O)ccc1NC(=O)COC(C)=O. The lowest BCUT2D eigenvalue weighted by Crippen LogP contribution is -2.25. The summed E-state index contributed by atoms with van der Waals surface area (Å²) in [5.74, 6) is -0.626. The lowest BCUT2D eigenvalue weighted by atomic mass is 10.2. The molecule has 1 saturated heterocycles. The molecule has 1 N–H and O–H groups in total. The summed E-state index contributed by atoms with van der Waals surface area (Å²) in [5, 5.41) is 2.55. The average molecular weight is 342 g/mol. The molecule has 0 radical (unpaired) electrons. The number of nitrogens with zero attached hydrogens (tertiary/aromatic N) is 1. The highest BCUT2D eigenvalue weighted by Crippen LogP contribution is 2.32. The van der Waals surface area contributed by atoms with Crippen molar-refractivity contribution in [1.29, 1.82) is 0 Å². The number of hydrogen-bond donors (Lipinski definition) is 1. The zero-order chi connectivity index (χ0) is 17.0. The van der Waals surface area contributed by atoms with Gasteiger partial charge in [0, 0.05) is 19.5 Å². The molecule has 1 aromatic carbocycles. The molecule has 0 unspecified atom stereocenters. The van der Waals surface area contributed by atoms with E-state index in [1.54, 1.807) is 18.2 Å². The number of anilines is 2. The number of benzene rings is 1. The molecule has 1 aliphatic rings. The van der Waals surface area contributed by atoms with Crippen LogP contribution in [0.4, 0.5) is 11.4 Å². The van der Waals surface area contributed by atoms with Crippen LogP contribution in [0.1, 0.15) is 13.3 Å². The molecule has 1 aromatic rings. The summed E-state index contributed by atoms with van der Waals surface area (Å²) in [6.07, 6.45) is 0.575. The van der Waals surface area contributed by atoms with Crippen LogP contribution >= 0.6 is 0 Å². The maximum absolute atomic E-state index is 11.9. The zero-order valence-corrected chi connectivity index (χ0v) is 13.7. The van der Waals surface area contributed by atoms with Gasteiger partial charge in [-0.05, 0) is 18.6 Å². The molecule has 0 spiro atoms. The molecule has 23 heavy (non-hydrogen) atoms. The fraction of sp³-hybridized carbons (Fsp3) is 0.429. The highest BCUT2D eigenvalue weighted by Gasteiger charge is 2.29. The molecule has 9 heteroatoms. The van der Waals surface area contributed by atoms with Gasteiger partial charge in [-0.1, -0.05) is 0 Å². The molecule has 1 fully saturated rings. The zero-order valence-electron chi connectivity index (χ0n) is 12.9. The molecule has 0 bridgehead atoms. The number of amides is 1. The van der Waals surface area contributed by atoms with Crippen molar-refractivity contribution in [2.45, 2.75) is 13.3 Å². The standard InChI is InChI=1S/C14H18N2O6S/c1-10(17)22-9-14(18)15-12-5-4-11(8-13(12)21-2)16-6-3-7-23(16,19)20/h4-5,8H,3,6-7,9H2,1-2H3,(H,15,18). The number of methoxy groups -OCH3 is 1. The highest BCUT2D eigenvalue weighted by atomic mass is 32.2. The molecule has 0 saturated carbocycles. The fourth-order valence-electron chi connectivity index (χ4n) is 2.22. The predicted molar refractivity (Wildman–Crippen MR) is 84.0 cm³/mol. The van der Waals surface area contributed by atoms with Crippen LogP contribution in [0, 0.1) is 0 Å². The average Bonchev–Trinajstić information content (AvgIpc) is 2.85. The molecular weight excluding hydrogens is 324 g/mol. The van der Waals surface area contributed by atoms with Crippen molar-refractivity contribution in [1.82, 2.24) is 0 Å². The third-order valence-corrected chi connectivity index (χ3v) is 5.12. The minimum atomic E-state index is -3.29. The monoisotopic (exact) mass is 342 g/mol. The van der Waals surface area contributed by atoms with E-state index in [-0.39, 0.29) is 5.75 Å². The third kappa shape index (κ3) is 4.13. The van der Waals surface area contributed by atoms with Gasteiger partial charge in [-0.3, -0.25) is 13.9 Å². The molecule has 0 atom stereocenters. The normalized spacial score (nSPS) is 16.0. The van der Waals surface area contributed by atoms with Crippen LogP contribution < -0.4 is 14.4 Å². The van der Waals surface area contributed by atoms with E-state index in [2.05, 4.69) is 10.1 Å². The maximum atomic E-state index is 11.9. The van der Waals surface area contributed by atoms with E-state index in [0.29, 0.717) is 30.1 Å². The van der Waals surface area contributed by atoms with E-state index < -0.39 is 28.5 Å². The largest absolute Gasteiger partial charge is 0.494 e. The van der Waals surface area contributed by atoms with Gasteiger partial charge in [0.05, 0.1) is 24.2 Å². The Morgan fingerprint density at radius 3 is 2.65 bits per heavy atom. The van der Waals surface area contributed by atoms with Crippen LogP contribution in [-0.4, -0.2) is 46.3 Å². The van der Waals surface area contributed by atoms with Crippen LogP contribution in [0.5, 0.6) is 5.75 Å². The Bertz CT molecular complexity index is 716. The molecule has 2 rings (SSSR count). The molecule has 126 valence electrons. The van der Waals surface area contributed by atoms with Crippen molar-refractivity contribution in [2.75, 3.05) is 35.6 Å². The van der Waals surface area contributed by atoms with Crippen molar-refractivity contribution >= 4 is 33.3 Å². The van der Waals surface area contributed by atoms with Gasteiger partial charge in [0.2, 0.25) is 10.0 Å². The third-order valence-electron chi connectivity index (χ3n) is 3.25. The van der Waals surface area contributed by atoms with Gasteiger partial charge in [-0.25, -0.2) is 8.42 Å². The Balaban J connectivity index is 2.17. The summed E-state index contributed by atoms with van der Waals surface area (Å²) >= 11 is 0. The Morgan fingerprint density at radius 2 is 2.09 bits per heavy atom. The first-order chi connectivity index (χ1) is 10.8. The highest BCUT2D eigenvalue weighted by molar-refractivity contribution is 7.93. The molecule has 1 heterocycles. The first kappa shape index (κ1) is 17.1. The first-order valence-corrected chi connectivity index (χ1v) is 8.56. The molecule has 1 amide bonds. The predicted octanol–water partition coefficient (Wildman–Crippen LogP) is 0.737. The van der Waals surface area contributed by atoms with E-state index in [1.807, 2.05) is 0 Å². The number of hydrogen-bond acceptors (Lipinski definition) is 6. The van der Waals surface area contributed by atoms with Crippen LogP contribution in [0.3, 0.4) is 0 Å². The van der Waals surface area contributed by atoms with E-state index in [0.717, 1.165) is 0 Å². The Morgan fingerprint density at radius 1 is 1.35 bits per heavy atom. The van der Waals surface area contributed by atoms with E-state index in [1.165, 1.54) is 18.3 Å². The van der Waals surface area contributed by atoms with E-state index in [4.69, 9.17) is 4.74 Å². The molecule has 1 aliphatic heterocycles. The van der Waals surface area contributed by atoms with Gasteiger partial charge >= 0.3 is 5.97 Å². The van der Waals surface area contributed by atoms with Crippen molar-refractivity contribution in [3.8, 4) is 5.75 Å². The molecule has 0 aromatic heterocycles. The van der Waals surface area contributed by atoms with E-state index in [9.17, 15) is 18.0 Å². The number of nitrogens with one attached hydrogen (secondary N) is 1. The summed E-state index contributed by atoms with van der Waals surface area (Å²) in [6, 6.07) is 4.69. The summed E-state index contributed by atoms with van der Waals surface area (Å²) < 4.78 is 35.0. The summed E-state index contributed by atoms with van der Waals surface area (Å²) in [6.45, 7) is 1.23. The number of esters is 1. The number of rotatable bonds is 5. The first-order valence-electron chi connectivity index (χ1n) is 6.95. The van der Waals surface area contributed by atoms with Crippen molar-refractivity contribution in [2.24, 2.45) is 0 Å². The molecule has 0 aliphatic carbocycles. The lowest BCUT2D eigenvalue weighted by molar-refractivity contribution is -0.144. The Hall–Kier alpha value is -2.29. The maximum Gasteiger partial charge on any atom is 0.303 e. The quantitative estimate of drug-likeness (QED) is 0.792. The van der Waals surface area contributed by atoms with Crippen molar-refractivity contribution < 1.29 is 27.5 Å². The van der Waals surface area contributed by atoms with Crippen LogP contribution in [-0.2, 0) is 24.3 Å². The summed E-state index contributed by atoms with van der Waals surface area (Å²) in [4.78, 5) is 22.4.